The van der Waals surface area contributed by atoms with E-state index in [1.165, 1.54) is 16.0 Å². The molecule has 2 heterocycles. The zero-order chi connectivity index (χ0) is 19.1. The van der Waals surface area contributed by atoms with Crippen LogP contribution in [0.15, 0.2) is 35.5 Å². The van der Waals surface area contributed by atoms with Crippen molar-refractivity contribution in [2.24, 2.45) is 4.99 Å². The van der Waals surface area contributed by atoms with E-state index in [4.69, 9.17) is 0 Å². The molecular formula is C20H27N5OS. The summed E-state index contributed by atoms with van der Waals surface area (Å²) in [6.07, 6.45) is 4.59. The number of carbonyl (C=O) groups is 1. The van der Waals surface area contributed by atoms with Crippen molar-refractivity contribution in [2.45, 2.75) is 45.8 Å². The molecule has 1 aliphatic rings. The quantitative estimate of drug-likeness (QED) is 0.568. The van der Waals surface area contributed by atoms with Gasteiger partial charge >= 0.3 is 0 Å². The summed E-state index contributed by atoms with van der Waals surface area (Å²) in [7, 11) is 1.77. The van der Waals surface area contributed by atoms with E-state index in [-0.39, 0.29) is 5.91 Å². The van der Waals surface area contributed by atoms with Gasteiger partial charge in [-0.05, 0) is 24.0 Å². The number of aliphatic imine (C=N–C) groups is 1. The lowest BCUT2D eigenvalue weighted by Crippen LogP contribution is -2.36. The molecule has 6 nitrogen and oxygen atoms in total. The number of carbonyl (C=O) groups excluding carboxylic acids is 1. The number of rotatable bonds is 7. The van der Waals surface area contributed by atoms with Crippen LogP contribution in [0.4, 0.5) is 0 Å². The average Bonchev–Trinajstić information content (AvgIpc) is 3.32. The number of guanidine groups is 1. The maximum Gasteiger partial charge on any atom is 0.222 e. The summed E-state index contributed by atoms with van der Waals surface area (Å²) >= 11 is 1.73. The number of amides is 1. The molecule has 1 saturated heterocycles. The Balaban J connectivity index is 1.55. The lowest BCUT2D eigenvalue weighted by atomic mass is 10.1. The molecule has 1 aromatic heterocycles. The van der Waals surface area contributed by atoms with Crippen LogP contribution in [0.25, 0.3) is 0 Å². The Morgan fingerprint density at radius 2 is 2.04 bits per heavy atom. The first-order chi connectivity index (χ1) is 13.2. The molecule has 0 saturated carbocycles. The van der Waals surface area contributed by atoms with Gasteiger partial charge in [0.2, 0.25) is 5.91 Å². The summed E-state index contributed by atoms with van der Waals surface area (Å²) in [5.74, 6) is 1.00. The van der Waals surface area contributed by atoms with Crippen LogP contribution >= 0.6 is 11.3 Å². The summed E-state index contributed by atoms with van der Waals surface area (Å²) < 4.78 is 0. The van der Waals surface area contributed by atoms with Gasteiger partial charge in [-0.3, -0.25) is 9.79 Å². The van der Waals surface area contributed by atoms with Gasteiger partial charge in [0.05, 0.1) is 6.54 Å². The fourth-order valence-corrected chi connectivity index (χ4v) is 3.92. The molecule has 3 rings (SSSR count). The third-order valence-corrected chi connectivity index (χ3v) is 5.82. The van der Waals surface area contributed by atoms with E-state index in [0.717, 1.165) is 30.4 Å². The van der Waals surface area contributed by atoms with Crippen molar-refractivity contribution in [3.05, 3.63) is 51.5 Å². The first-order valence-corrected chi connectivity index (χ1v) is 10.2. The van der Waals surface area contributed by atoms with Crippen molar-refractivity contribution in [3.63, 3.8) is 0 Å². The molecule has 0 bridgehead atoms. The Morgan fingerprint density at radius 3 is 2.70 bits per heavy atom. The van der Waals surface area contributed by atoms with E-state index >= 15 is 0 Å². The number of nitrogens with zero attached hydrogens (tertiary/aromatic N) is 3. The lowest BCUT2D eigenvalue weighted by Gasteiger charge is -2.19. The third-order valence-electron chi connectivity index (χ3n) is 4.68. The summed E-state index contributed by atoms with van der Waals surface area (Å²) in [6.45, 7) is 5.00. The number of aromatic nitrogens is 1. The minimum Gasteiger partial charge on any atom is -0.352 e. The van der Waals surface area contributed by atoms with Crippen molar-refractivity contribution in [3.8, 4) is 0 Å². The zero-order valence-corrected chi connectivity index (χ0v) is 16.8. The maximum atomic E-state index is 11.9. The smallest absolute Gasteiger partial charge is 0.222 e. The molecular weight excluding hydrogens is 358 g/mol. The van der Waals surface area contributed by atoms with Gasteiger partial charge in [0.15, 0.2) is 5.96 Å². The van der Waals surface area contributed by atoms with Crippen LogP contribution in [0.2, 0.25) is 0 Å². The fraction of sp³-hybridized carbons (Fsp3) is 0.450. The monoisotopic (exact) mass is 385 g/mol. The van der Waals surface area contributed by atoms with Gasteiger partial charge in [-0.15, -0.1) is 11.3 Å². The van der Waals surface area contributed by atoms with Crippen molar-refractivity contribution in [1.82, 2.24) is 20.5 Å². The Morgan fingerprint density at radius 1 is 1.26 bits per heavy atom. The summed E-state index contributed by atoms with van der Waals surface area (Å²) in [6, 6.07) is 8.26. The summed E-state index contributed by atoms with van der Waals surface area (Å²) in [5.41, 5.74) is 2.37. The molecule has 7 heteroatoms. The van der Waals surface area contributed by atoms with Crippen LogP contribution in [-0.2, 0) is 30.8 Å². The first kappa shape index (κ1) is 19.4. The summed E-state index contributed by atoms with van der Waals surface area (Å²) in [5, 5.41) is 7.74. The standard InChI is InChI=1S/C20H27N5OS/c1-3-17-12-22-18(27-17)13-24-20(21-2)23-11-15-7-4-5-8-16(15)14-25-10-6-9-19(25)26/h4-5,7-8,12H,3,6,9-11,13-14H2,1-2H3,(H2,21,23,24). The van der Waals surface area contributed by atoms with Gasteiger partial charge in [0.1, 0.15) is 5.01 Å². The second-order valence-electron chi connectivity index (χ2n) is 6.54. The molecule has 1 fully saturated rings. The predicted molar refractivity (Wildman–Crippen MR) is 110 cm³/mol. The number of thiazole rings is 1. The number of hydrogen-bond donors (Lipinski definition) is 2. The first-order valence-electron chi connectivity index (χ1n) is 9.42. The second-order valence-corrected chi connectivity index (χ2v) is 7.74. The largest absolute Gasteiger partial charge is 0.352 e. The Bertz CT molecular complexity index is 801. The Labute approximate surface area is 164 Å². The molecule has 1 aliphatic heterocycles. The van der Waals surface area contributed by atoms with Crippen molar-refractivity contribution >= 4 is 23.2 Å². The van der Waals surface area contributed by atoms with Crippen LogP contribution in [0.5, 0.6) is 0 Å². The van der Waals surface area contributed by atoms with Gasteiger partial charge in [0, 0.05) is 44.2 Å². The summed E-state index contributed by atoms with van der Waals surface area (Å²) in [4.78, 5) is 23.9. The normalized spacial score (nSPS) is 14.7. The minimum absolute atomic E-state index is 0.255. The number of aryl methyl sites for hydroxylation is 1. The average molecular weight is 386 g/mol. The molecule has 0 aliphatic carbocycles. The van der Waals surface area contributed by atoms with Crippen LogP contribution in [0, 0.1) is 0 Å². The van der Waals surface area contributed by atoms with Gasteiger partial charge in [-0.25, -0.2) is 4.98 Å². The van der Waals surface area contributed by atoms with Gasteiger partial charge in [-0.1, -0.05) is 31.2 Å². The van der Waals surface area contributed by atoms with Gasteiger partial charge in [0.25, 0.3) is 0 Å². The lowest BCUT2D eigenvalue weighted by molar-refractivity contribution is -0.128. The van der Waals surface area contributed by atoms with E-state index in [9.17, 15) is 4.79 Å². The van der Waals surface area contributed by atoms with E-state index in [1.54, 1.807) is 18.4 Å². The highest BCUT2D eigenvalue weighted by Crippen LogP contribution is 2.17. The second kappa shape index (κ2) is 9.50. The van der Waals surface area contributed by atoms with Crippen molar-refractivity contribution in [1.29, 1.82) is 0 Å². The van der Waals surface area contributed by atoms with E-state index in [0.29, 0.717) is 26.1 Å². The molecule has 0 spiro atoms. The van der Waals surface area contributed by atoms with Crippen molar-refractivity contribution in [2.75, 3.05) is 13.6 Å². The Kier molecular flexibility index (Phi) is 6.81. The predicted octanol–water partition coefficient (Wildman–Crippen LogP) is 2.69. The molecule has 2 N–H and O–H groups in total. The van der Waals surface area contributed by atoms with Crippen LogP contribution in [0.1, 0.15) is 40.8 Å². The highest BCUT2D eigenvalue weighted by molar-refractivity contribution is 7.11. The molecule has 1 aromatic carbocycles. The number of nitrogens with one attached hydrogen (secondary N) is 2. The molecule has 0 unspecified atom stereocenters. The third kappa shape index (κ3) is 5.29. The van der Waals surface area contributed by atoms with E-state index in [2.05, 4.69) is 39.7 Å². The van der Waals surface area contributed by atoms with Gasteiger partial charge in [-0.2, -0.15) is 0 Å². The molecule has 1 amide bonds. The fourth-order valence-electron chi connectivity index (χ4n) is 3.11. The van der Waals surface area contributed by atoms with Gasteiger partial charge < -0.3 is 15.5 Å². The molecule has 0 atom stereocenters. The van der Waals surface area contributed by atoms with Crippen molar-refractivity contribution < 1.29 is 4.79 Å². The number of hydrogen-bond acceptors (Lipinski definition) is 4. The molecule has 2 aromatic rings. The van der Waals surface area contributed by atoms with Crippen LogP contribution in [0.3, 0.4) is 0 Å². The highest BCUT2D eigenvalue weighted by Gasteiger charge is 2.20. The highest BCUT2D eigenvalue weighted by atomic mass is 32.1. The minimum atomic E-state index is 0.255. The zero-order valence-electron chi connectivity index (χ0n) is 16.0. The van der Waals surface area contributed by atoms with Crippen LogP contribution in [-0.4, -0.2) is 35.3 Å². The molecule has 0 radical (unpaired) electrons. The Hall–Kier alpha value is -2.41. The molecule has 144 valence electrons. The number of likely N-dealkylation sites (tertiary alicyclic amines) is 1. The van der Waals surface area contributed by atoms with E-state index < -0.39 is 0 Å². The molecule has 27 heavy (non-hydrogen) atoms. The maximum absolute atomic E-state index is 11.9. The van der Waals surface area contributed by atoms with Crippen LogP contribution < -0.4 is 10.6 Å². The van der Waals surface area contributed by atoms with E-state index in [1.807, 2.05) is 23.2 Å². The number of benzene rings is 1. The SMILES string of the molecule is CCc1cnc(CNC(=NC)NCc2ccccc2CN2CCCC2=O)s1. The topological polar surface area (TPSA) is 69.6 Å².